The van der Waals surface area contributed by atoms with Crippen LogP contribution >= 0.6 is 11.8 Å². The second-order valence-electron chi connectivity index (χ2n) is 9.27. The molecule has 0 saturated carbocycles. The van der Waals surface area contributed by atoms with Gasteiger partial charge in [0, 0.05) is 17.2 Å². The normalized spacial score (nSPS) is 18.5. The van der Waals surface area contributed by atoms with Crippen LogP contribution in [0.1, 0.15) is 78.5 Å². The zero-order valence-electron chi connectivity index (χ0n) is 17.6. The molecule has 1 saturated heterocycles. The van der Waals surface area contributed by atoms with Crippen molar-refractivity contribution in [2.24, 2.45) is 0 Å². The summed E-state index contributed by atoms with van der Waals surface area (Å²) in [7, 11) is 0. The first-order valence-corrected chi connectivity index (χ1v) is 10.2. The van der Waals surface area contributed by atoms with Gasteiger partial charge in [-0.2, -0.15) is 0 Å². The molecule has 1 fully saturated rings. The minimum atomic E-state index is -0.246. The number of carbonyl (C=O) groups excluding carboxylic acids is 2. The van der Waals surface area contributed by atoms with Crippen LogP contribution in [0, 0.1) is 0 Å². The molecular formula is C22H31NO3S. The molecule has 1 N–H and O–H groups in total. The van der Waals surface area contributed by atoms with E-state index >= 15 is 0 Å². The molecule has 0 aliphatic carbocycles. The summed E-state index contributed by atoms with van der Waals surface area (Å²) in [5.74, 6) is 0.0712. The number of aromatic hydroxyl groups is 1. The highest BCUT2D eigenvalue weighted by Crippen LogP contribution is 2.41. The average molecular weight is 390 g/mol. The number of rotatable bonds is 3. The van der Waals surface area contributed by atoms with Crippen LogP contribution < -0.4 is 0 Å². The number of amides is 2. The van der Waals surface area contributed by atoms with E-state index in [4.69, 9.17) is 0 Å². The highest BCUT2D eigenvalue weighted by Gasteiger charge is 2.37. The molecule has 148 valence electrons. The first kappa shape index (κ1) is 21.5. The fourth-order valence-corrected chi connectivity index (χ4v) is 4.01. The lowest BCUT2D eigenvalue weighted by molar-refractivity contribution is -0.124. The molecule has 1 aliphatic rings. The predicted octanol–water partition coefficient (Wildman–Crippen LogP) is 5.82. The number of nitrogens with zero attached hydrogens (tertiary/aromatic N) is 1. The summed E-state index contributed by atoms with van der Waals surface area (Å²) in [5.41, 5.74) is 2.01. The van der Waals surface area contributed by atoms with Gasteiger partial charge in [-0.3, -0.25) is 14.5 Å². The zero-order valence-corrected chi connectivity index (χ0v) is 18.5. The van der Waals surface area contributed by atoms with Crippen molar-refractivity contribution >= 4 is 29.0 Å². The number of hydrogen-bond acceptors (Lipinski definition) is 4. The van der Waals surface area contributed by atoms with Crippen LogP contribution in [0.2, 0.25) is 0 Å². The molecule has 0 spiro atoms. The molecule has 1 aromatic rings. The molecule has 1 aromatic carbocycles. The van der Waals surface area contributed by atoms with E-state index in [1.54, 1.807) is 6.08 Å². The Balaban J connectivity index is 2.58. The van der Waals surface area contributed by atoms with Crippen molar-refractivity contribution in [3.05, 3.63) is 33.7 Å². The average Bonchev–Trinajstić information content (AvgIpc) is 2.80. The Kier molecular flexibility index (Phi) is 5.86. The Hall–Kier alpha value is -1.75. The van der Waals surface area contributed by atoms with Crippen molar-refractivity contribution in [1.29, 1.82) is 0 Å². The van der Waals surface area contributed by atoms with Gasteiger partial charge in [0.15, 0.2) is 0 Å². The second-order valence-corrected chi connectivity index (χ2v) is 10.3. The lowest BCUT2D eigenvalue weighted by atomic mass is 9.78. The smallest absolute Gasteiger partial charge is 0.293 e. The number of carbonyl (C=O) groups is 2. The summed E-state index contributed by atoms with van der Waals surface area (Å²) in [4.78, 5) is 26.8. The number of phenols is 1. The highest BCUT2D eigenvalue weighted by molar-refractivity contribution is 8.18. The molecule has 1 atom stereocenters. The van der Waals surface area contributed by atoms with Crippen LogP contribution in [0.5, 0.6) is 5.75 Å². The van der Waals surface area contributed by atoms with Crippen LogP contribution in [0.3, 0.4) is 0 Å². The topological polar surface area (TPSA) is 57.6 Å². The number of phenolic OH excluding ortho intramolecular Hbond substituents is 1. The van der Waals surface area contributed by atoms with E-state index in [1.807, 2.05) is 26.0 Å². The maximum Gasteiger partial charge on any atom is 0.293 e. The fourth-order valence-electron chi connectivity index (χ4n) is 3.08. The van der Waals surface area contributed by atoms with E-state index in [9.17, 15) is 14.7 Å². The van der Waals surface area contributed by atoms with E-state index in [2.05, 4.69) is 41.5 Å². The van der Waals surface area contributed by atoms with Crippen molar-refractivity contribution in [3.63, 3.8) is 0 Å². The van der Waals surface area contributed by atoms with Crippen LogP contribution in [0.15, 0.2) is 17.0 Å². The van der Waals surface area contributed by atoms with Gasteiger partial charge in [-0.1, -0.05) is 48.5 Å². The molecule has 1 heterocycles. The summed E-state index contributed by atoms with van der Waals surface area (Å²) in [6.07, 6.45) is 2.50. The minimum absolute atomic E-state index is 0.113. The fraction of sp³-hybridized carbons (Fsp3) is 0.545. The van der Waals surface area contributed by atoms with Gasteiger partial charge in [0.2, 0.25) is 0 Å². The van der Waals surface area contributed by atoms with Gasteiger partial charge in [0.25, 0.3) is 11.1 Å². The standard InChI is InChI=1S/C22H31NO3S/c1-9-13(2)23-19(25)17(27-20(23)26)12-14-10-15(21(3,4)5)18(24)16(11-14)22(6,7)8/h10-13,24H,9H2,1-8H3/b17-12-/t13-/m0/s1. The van der Waals surface area contributed by atoms with Crippen molar-refractivity contribution in [1.82, 2.24) is 4.90 Å². The molecular weight excluding hydrogens is 358 g/mol. The number of thioether (sulfide) groups is 1. The monoisotopic (exact) mass is 389 g/mol. The third kappa shape index (κ3) is 4.40. The summed E-state index contributed by atoms with van der Waals surface area (Å²) in [6.45, 7) is 16.1. The van der Waals surface area contributed by atoms with Gasteiger partial charge < -0.3 is 5.11 Å². The molecule has 0 bridgehead atoms. The first-order valence-electron chi connectivity index (χ1n) is 9.42. The number of hydrogen-bond donors (Lipinski definition) is 1. The zero-order chi connectivity index (χ0) is 20.7. The Morgan fingerprint density at radius 2 is 1.56 bits per heavy atom. The summed E-state index contributed by atoms with van der Waals surface area (Å²) >= 11 is 0.987. The van der Waals surface area contributed by atoms with Crippen molar-refractivity contribution in [3.8, 4) is 5.75 Å². The Morgan fingerprint density at radius 3 is 1.96 bits per heavy atom. The summed E-state index contributed by atoms with van der Waals surface area (Å²) < 4.78 is 0. The van der Waals surface area contributed by atoms with Crippen LogP contribution in [0.25, 0.3) is 6.08 Å². The van der Waals surface area contributed by atoms with Gasteiger partial charge >= 0.3 is 0 Å². The second kappa shape index (κ2) is 7.34. The molecule has 0 unspecified atom stereocenters. The van der Waals surface area contributed by atoms with Gasteiger partial charge in [0.05, 0.1) is 4.91 Å². The van der Waals surface area contributed by atoms with Crippen molar-refractivity contribution in [2.45, 2.75) is 78.7 Å². The molecule has 0 radical (unpaired) electrons. The van der Waals surface area contributed by atoms with E-state index < -0.39 is 0 Å². The van der Waals surface area contributed by atoms with Crippen LogP contribution in [-0.4, -0.2) is 27.2 Å². The summed E-state index contributed by atoms with van der Waals surface area (Å²) in [5, 5.41) is 10.6. The molecule has 0 aromatic heterocycles. The molecule has 27 heavy (non-hydrogen) atoms. The lowest BCUT2D eigenvalue weighted by Gasteiger charge is -2.28. The highest BCUT2D eigenvalue weighted by atomic mass is 32.2. The van der Waals surface area contributed by atoms with E-state index in [1.165, 1.54) is 4.90 Å². The maximum atomic E-state index is 12.7. The molecule has 5 heteroatoms. The SMILES string of the molecule is CC[C@H](C)N1C(=O)S/C(=C\c2cc(C(C)(C)C)c(O)c(C(C)(C)C)c2)C1=O. The Labute approximate surface area is 167 Å². The van der Waals surface area contributed by atoms with Crippen molar-refractivity contribution < 1.29 is 14.7 Å². The van der Waals surface area contributed by atoms with E-state index in [-0.39, 0.29) is 28.0 Å². The maximum absolute atomic E-state index is 12.7. The minimum Gasteiger partial charge on any atom is -0.507 e. The third-order valence-electron chi connectivity index (χ3n) is 4.90. The molecule has 1 aliphatic heterocycles. The van der Waals surface area contributed by atoms with Crippen LogP contribution in [0.4, 0.5) is 4.79 Å². The quantitative estimate of drug-likeness (QED) is 0.662. The van der Waals surface area contributed by atoms with Crippen LogP contribution in [-0.2, 0) is 15.6 Å². The molecule has 4 nitrogen and oxygen atoms in total. The van der Waals surface area contributed by atoms with Gasteiger partial charge in [-0.15, -0.1) is 0 Å². The largest absolute Gasteiger partial charge is 0.507 e. The third-order valence-corrected chi connectivity index (χ3v) is 5.78. The predicted molar refractivity (Wildman–Crippen MR) is 113 cm³/mol. The molecule has 2 amide bonds. The number of benzene rings is 1. The lowest BCUT2D eigenvalue weighted by Crippen LogP contribution is -2.36. The van der Waals surface area contributed by atoms with Gasteiger partial charge in [0.1, 0.15) is 5.75 Å². The molecule has 2 rings (SSSR count). The van der Waals surface area contributed by atoms with E-state index in [0.717, 1.165) is 34.9 Å². The van der Waals surface area contributed by atoms with Gasteiger partial charge in [-0.05, 0) is 59.7 Å². The first-order chi connectivity index (χ1) is 12.3. The Bertz CT molecular complexity index is 762. The Morgan fingerprint density at radius 1 is 1.07 bits per heavy atom. The van der Waals surface area contributed by atoms with Gasteiger partial charge in [-0.25, -0.2) is 0 Å². The summed E-state index contributed by atoms with van der Waals surface area (Å²) in [6, 6.07) is 3.72. The van der Waals surface area contributed by atoms with Crippen molar-refractivity contribution in [2.75, 3.05) is 0 Å². The van der Waals surface area contributed by atoms with E-state index in [0.29, 0.717) is 10.7 Å². The number of imide groups is 1.